The van der Waals surface area contributed by atoms with E-state index in [1.165, 1.54) is 10.6 Å². The second-order valence-electron chi connectivity index (χ2n) is 9.04. The Morgan fingerprint density at radius 2 is 0.947 bits per heavy atom. The summed E-state index contributed by atoms with van der Waals surface area (Å²) in [4.78, 5) is 3.83. The van der Waals surface area contributed by atoms with Gasteiger partial charge in [-0.3, -0.25) is 0 Å². The zero-order valence-electron chi connectivity index (χ0n) is 14.7. The summed E-state index contributed by atoms with van der Waals surface area (Å²) >= 11 is 0. The largest absolute Gasteiger partial charge is 0.370 e. The average molecular weight is 296 g/mol. The molecule has 0 fully saturated rings. The molecule has 1 aromatic heterocycles. The molecule has 0 spiro atoms. The third-order valence-electron chi connectivity index (χ3n) is 5.78. The second-order valence-corrected chi connectivity index (χ2v) is 19.6. The Morgan fingerprint density at radius 1 is 0.684 bits per heavy atom. The number of hydrogen-bond acceptors (Lipinski definition) is 0. The monoisotopic (exact) mass is 295 g/mol. The van der Waals surface area contributed by atoms with E-state index in [2.05, 4.69) is 84.8 Å². The fraction of sp³-hybridized carbons (Fsp3) is 0.750. The van der Waals surface area contributed by atoms with E-state index in [0.717, 1.165) is 0 Å². The SMILES string of the molecule is CC(C)(C)[Si](C)(C)c1ccc([Si](C)(C)C(C)(C)C)[nH]1. The number of aromatic nitrogens is 1. The van der Waals surface area contributed by atoms with Gasteiger partial charge in [-0.2, -0.15) is 0 Å². The Morgan fingerprint density at radius 3 is 1.16 bits per heavy atom. The van der Waals surface area contributed by atoms with Gasteiger partial charge >= 0.3 is 0 Å². The molecule has 0 saturated carbocycles. The van der Waals surface area contributed by atoms with Gasteiger partial charge in [0.15, 0.2) is 0 Å². The minimum absolute atomic E-state index is 0.391. The molecule has 0 atom stereocenters. The molecule has 110 valence electrons. The van der Waals surface area contributed by atoms with E-state index in [-0.39, 0.29) is 0 Å². The van der Waals surface area contributed by atoms with Crippen molar-refractivity contribution in [1.82, 2.24) is 4.98 Å². The van der Waals surface area contributed by atoms with E-state index in [4.69, 9.17) is 0 Å². The highest BCUT2D eigenvalue weighted by Crippen LogP contribution is 2.37. The lowest BCUT2D eigenvalue weighted by Crippen LogP contribution is -2.54. The van der Waals surface area contributed by atoms with E-state index in [1.807, 2.05) is 0 Å². The van der Waals surface area contributed by atoms with Gasteiger partial charge in [0.2, 0.25) is 0 Å². The molecule has 19 heavy (non-hydrogen) atoms. The van der Waals surface area contributed by atoms with Crippen LogP contribution in [0.25, 0.3) is 0 Å². The highest BCUT2D eigenvalue weighted by Gasteiger charge is 2.41. The van der Waals surface area contributed by atoms with Crippen LogP contribution < -0.4 is 10.6 Å². The molecule has 1 aromatic rings. The van der Waals surface area contributed by atoms with Gasteiger partial charge in [-0.1, -0.05) is 67.7 Å². The first kappa shape index (κ1) is 16.8. The fourth-order valence-corrected chi connectivity index (χ4v) is 5.57. The maximum Gasteiger partial charge on any atom is 0.106 e. The molecular formula is C16H33NSi2. The molecule has 0 radical (unpaired) electrons. The molecule has 1 rings (SSSR count). The normalized spacial score (nSPS) is 14.8. The van der Waals surface area contributed by atoms with Crippen molar-refractivity contribution >= 4 is 26.8 Å². The van der Waals surface area contributed by atoms with Crippen LogP contribution >= 0.6 is 0 Å². The van der Waals surface area contributed by atoms with E-state index in [1.54, 1.807) is 0 Å². The van der Waals surface area contributed by atoms with Crippen LogP contribution in [0.4, 0.5) is 0 Å². The summed E-state index contributed by atoms with van der Waals surface area (Å²) in [5, 5.41) is 3.81. The number of H-pyrrole nitrogens is 1. The van der Waals surface area contributed by atoms with Crippen LogP contribution in [0.3, 0.4) is 0 Å². The molecule has 0 aliphatic rings. The summed E-state index contributed by atoms with van der Waals surface area (Å²) in [6, 6.07) is 4.74. The molecule has 0 aliphatic carbocycles. The zero-order chi connectivity index (χ0) is 15.3. The van der Waals surface area contributed by atoms with Crippen molar-refractivity contribution < 1.29 is 0 Å². The van der Waals surface area contributed by atoms with Crippen LogP contribution in [0.5, 0.6) is 0 Å². The Balaban J connectivity index is 3.22. The maximum absolute atomic E-state index is 3.83. The third-order valence-corrected chi connectivity index (χ3v) is 16.6. The van der Waals surface area contributed by atoms with Crippen LogP contribution in [-0.4, -0.2) is 21.1 Å². The topological polar surface area (TPSA) is 15.8 Å². The molecule has 0 aliphatic heterocycles. The molecule has 0 unspecified atom stereocenters. The number of aromatic amines is 1. The predicted molar refractivity (Wildman–Crippen MR) is 94.5 cm³/mol. The molecule has 1 N–H and O–H groups in total. The van der Waals surface area contributed by atoms with Gasteiger partial charge in [0.1, 0.15) is 16.1 Å². The Hall–Kier alpha value is -0.286. The Bertz CT molecular complexity index is 402. The first-order valence-corrected chi connectivity index (χ1v) is 13.4. The van der Waals surface area contributed by atoms with Crippen LogP contribution in [-0.2, 0) is 0 Å². The van der Waals surface area contributed by atoms with Crippen molar-refractivity contribution in [3.05, 3.63) is 12.1 Å². The van der Waals surface area contributed by atoms with Crippen LogP contribution in [0.2, 0.25) is 36.3 Å². The van der Waals surface area contributed by atoms with E-state index >= 15 is 0 Å². The Kier molecular flexibility index (Phi) is 4.08. The van der Waals surface area contributed by atoms with Gasteiger partial charge in [-0.25, -0.2) is 0 Å². The first-order valence-electron chi connectivity index (χ1n) is 7.41. The van der Waals surface area contributed by atoms with E-state index in [9.17, 15) is 0 Å². The minimum atomic E-state index is -1.43. The number of nitrogens with one attached hydrogen (secondary N) is 1. The van der Waals surface area contributed by atoms with Crippen molar-refractivity contribution in [2.75, 3.05) is 0 Å². The van der Waals surface area contributed by atoms with Gasteiger partial charge in [-0.05, 0) is 32.8 Å². The lowest BCUT2D eigenvalue weighted by atomic mass is 10.2. The molecule has 0 bridgehead atoms. The smallest absolute Gasteiger partial charge is 0.106 e. The summed E-state index contributed by atoms with van der Waals surface area (Å²) in [6.07, 6.45) is 0. The van der Waals surface area contributed by atoms with Gasteiger partial charge in [0.25, 0.3) is 0 Å². The summed E-state index contributed by atoms with van der Waals surface area (Å²) in [5.74, 6) is 0. The lowest BCUT2D eigenvalue weighted by Gasteiger charge is -2.38. The quantitative estimate of drug-likeness (QED) is 0.776. The van der Waals surface area contributed by atoms with Gasteiger partial charge in [0.05, 0.1) is 0 Å². The summed E-state index contributed by atoms with van der Waals surface area (Å²) < 4.78 is 0. The van der Waals surface area contributed by atoms with Crippen molar-refractivity contribution in [2.45, 2.75) is 77.8 Å². The summed E-state index contributed by atoms with van der Waals surface area (Å²) in [6.45, 7) is 24.2. The highest BCUT2D eigenvalue weighted by atomic mass is 28.3. The highest BCUT2D eigenvalue weighted by molar-refractivity contribution is 6.94. The predicted octanol–water partition coefficient (Wildman–Crippen LogP) is 4.45. The molecule has 1 heterocycles. The summed E-state index contributed by atoms with van der Waals surface area (Å²) in [7, 11) is -2.86. The van der Waals surface area contributed by atoms with Crippen molar-refractivity contribution in [1.29, 1.82) is 0 Å². The minimum Gasteiger partial charge on any atom is -0.370 e. The van der Waals surface area contributed by atoms with Gasteiger partial charge in [0, 0.05) is 0 Å². The van der Waals surface area contributed by atoms with E-state index < -0.39 is 16.1 Å². The number of rotatable bonds is 2. The van der Waals surface area contributed by atoms with Gasteiger partial charge < -0.3 is 4.98 Å². The maximum atomic E-state index is 3.83. The molecule has 1 nitrogen and oxygen atoms in total. The zero-order valence-corrected chi connectivity index (χ0v) is 16.7. The van der Waals surface area contributed by atoms with Crippen LogP contribution in [0.15, 0.2) is 12.1 Å². The average Bonchev–Trinajstić information content (AvgIpc) is 2.62. The standard InChI is InChI=1S/C16H33NSi2/c1-15(2,3)18(7,8)13-11-12-14(17-13)19(9,10)16(4,5)6/h11-12,17H,1-10H3. The number of hydrogen-bond donors (Lipinski definition) is 1. The molecular weight excluding hydrogens is 262 g/mol. The molecule has 3 heteroatoms. The summed E-state index contributed by atoms with van der Waals surface area (Å²) in [5.41, 5.74) is 0. The van der Waals surface area contributed by atoms with Gasteiger partial charge in [-0.15, -0.1) is 0 Å². The lowest BCUT2D eigenvalue weighted by molar-refractivity contribution is 0.726. The fourth-order valence-electron chi connectivity index (χ4n) is 1.93. The van der Waals surface area contributed by atoms with Crippen LogP contribution in [0, 0.1) is 0 Å². The van der Waals surface area contributed by atoms with Crippen molar-refractivity contribution in [3.63, 3.8) is 0 Å². The van der Waals surface area contributed by atoms with Crippen molar-refractivity contribution in [2.24, 2.45) is 0 Å². The molecule has 0 saturated heterocycles. The second kappa shape index (κ2) is 4.62. The molecule has 0 aromatic carbocycles. The van der Waals surface area contributed by atoms with Crippen LogP contribution in [0.1, 0.15) is 41.5 Å². The van der Waals surface area contributed by atoms with E-state index in [0.29, 0.717) is 10.1 Å². The third kappa shape index (κ3) is 2.92. The van der Waals surface area contributed by atoms with Crippen molar-refractivity contribution in [3.8, 4) is 0 Å². The molecule has 0 amide bonds. The Labute approximate surface area is 122 Å². The first-order chi connectivity index (χ1) is 8.21.